The van der Waals surface area contributed by atoms with Gasteiger partial charge in [0.05, 0.1) is 0 Å². The van der Waals surface area contributed by atoms with Gasteiger partial charge in [-0.25, -0.2) is 0 Å². The lowest BCUT2D eigenvalue weighted by Crippen LogP contribution is -2.57. The van der Waals surface area contributed by atoms with Crippen molar-refractivity contribution in [3.05, 3.63) is 0 Å². The molecule has 3 heteroatoms. The van der Waals surface area contributed by atoms with Crippen LogP contribution in [-0.2, 0) is 10.8 Å². The molecule has 5 fully saturated rings. The second-order valence-electron chi connectivity index (χ2n) is 7.93. The molecule has 0 amide bonds. The van der Waals surface area contributed by atoms with Crippen molar-refractivity contribution in [2.45, 2.75) is 63.2 Å². The van der Waals surface area contributed by atoms with Crippen LogP contribution >= 0.6 is 0 Å². The lowest BCUT2D eigenvalue weighted by molar-refractivity contribution is -0.0692. The fourth-order valence-electron chi connectivity index (χ4n) is 5.98. The highest BCUT2D eigenvalue weighted by Crippen LogP contribution is 2.61. The van der Waals surface area contributed by atoms with Crippen molar-refractivity contribution < 1.29 is 4.21 Å². The second-order valence-corrected chi connectivity index (χ2v) is 9.83. The maximum atomic E-state index is 12.4. The summed E-state index contributed by atoms with van der Waals surface area (Å²) in [5, 5.41) is 4.20. The summed E-state index contributed by atoms with van der Waals surface area (Å²) in [6.45, 7) is 3.25. The molecule has 0 aromatic carbocycles. The summed E-state index contributed by atoms with van der Waals surface area (Å²) in [5.41, 5.74) is 0.522. The molecule has 4 bridgehead atoms. The zero-order valence-corrected chi connectivity index (χ0v) is 12.9. The number of rotatable bonds is 1. The van der Waals surface area contributed by atoms with E-state index < -0.39 is 10.8 Å². The lowest BCUT2D eigenvalue weighted by Gasteiger charge is -2.59. The summed E-state index contributed by atoms with van der Waals surface area (Å²) < 4.78 is 12.4. The Kier molecular flexibility index (Phi) is 3.07. The molecule has 4 aliphatic carbocycles. The Morgan fingerprint density at radius 2 is 1.63 bits per heavy atom. The van der Waals surface area contributed by atoms with E-state index in [9.17, 15) is 4.21 Å². The normalized spacial score (nSPS) is 57.1. The summed E-state index contributed by atoms with van der Waals surface area (Å²) in [5.74, 6) is 3.93. The Labute approximate surface area is 119 Å². The van der Waals surface area contributed by atoms with Crippen LogP contribution in [0.5, 0.6) is 0 Å². The van der Waals surface area contributed by atoms with E-state index in [-0.39, 0.29) is 0 Å². The largest absolute Gasteiger partial charge is 0.312 e. The molecule has 3 unspecified atom stereocenters. The molecule has 108 valence electrons. The summed E-state index contributed by atoms with van der Waals surface area (Å²) in [6, 6.07) is 0.548. The van der Waals surface area contributed by atoms with Gasteiger partial charge in [-0.2, -0.15) is 0 Å². The van der Waals surface area contributed by atoms with Gasteiger partial charge in [-0.15, -0.1) is 0 Å². The lowest BCUT2D eigenvalue weighted by atomic mass is 9.48. The van der Waals surface area contributed by atoms with Gasteiger partial charge in [0.25, 0.3) is 0 Å². The van der Waals surface area contributed by atoms with Gasteiger partial charge in [-0.05, 0) is 74.7 Å². The van der Waals surface area contributed by atoms with Gasteiger partial charge in [-0.1, -0.05) is 6.92 Å². The van der Waals surface area contributed by atoms with Gasteiger partial charge in [0.2, 0.25) is 0 Å². The summed E-state index contributed by atoms with van der Waals surface area (Å²) in [4.78, 5) is 0. The standard InChI is InChI=1S/C16H27NOS/c1-11-2-3-17-15(10-19(11)18)16-7-12-4-13(8-16)6-14(5-12)9-16/h11-15,17H,2-10H2,1H3. The molecule has 1 heterocycles. The highest BCUT2D eigenvalue weighted by molar-refractivity contribution is 7.85. The maximum Gasteiger partial charge on any atom is 0.0396 e. The topological polar surface area (TPSA) is 29.1 Å². The Bertz CT molecular complexity index is 359. The van der Waals surface area contributed by atoms with E-state index in [2.05, 4.69) is 12.2 Å². The van der Waals surface area contributed by atoms with E-state index in [0.29, 0.717) is 16.7 Å². The van der Waals surface area contributed by atoms with Gasteiger partial charge in [-0.3, -0.25) is 4.21 Å². The first-order valence-electron chi connectivity index (χ1n) is 8.25. The molecule has 5 rings (SSSR count). The predicted octanol–water partition coefficient (Wildman–Crippen LogP) is 2.70. The SMILES string of the molecule is CC1CCNC(C23CC4CC(CC(C4)C2)C3)CS1=O. The van der Waals surface area contributed by atoms with Crippen molar-refractivity contribution in [2.24, 2.45) is 23.2 Å². The first-order valence-corrected chi connectivity index (χ1v) is 9.63. The monoisotopic (exact) mass is 281 g/mol. The second kappa shape index (κ2) is 4.56. The van der Waals surface area contributed by atoms with Gasteiger partial charge < -0.3 is 5.32 Å². The highest BCUT2D eigenvalue weighted by atomic mass is 32.2. The average molecular weight is 281 g/mol. The minimum Gasteiger partial charge on any atom is -0.312 e. The zero-order chi connectivity index (χ0) is 13.0. The molecular formula is C16H27NOS. The molecular weight excluding hydrogens is 254 g/mol. The van der Waals surface area contributed by atoms with Crippen molar-refractivity contribution in [1.82, 2.24) is 5.32 Å². The van der Waals surface area contributed by atoms with Gasteiger partial charge in [0.15, 0.2) is 0 Å². The van der Waals surface area contributed by atoms with Crippen LogP contribution in [-0.4, -0.2) is 27.8 Å². The van der Waals surface area contributed by atoms with E-state index >= 15 is 0 Å². The summed E-state index contributed by atoms with van der Waals surface area (Å²) >= 11 is 0. The molecule has 4 saturated carbocycles. The van der Waals surface area contributed by atoms with Crippen LogP contribution in [0, 0.1) is 23.2 Å². The van der Waals surface area contributed by atoms with Gasteiger partial charge in [0, 0.05) is 27.8 Å². The predicted molar refractivity (Wildman–Crippen MR) is 79.5 cm³/mol. The molecule has 0 spiro atoms. The van der Waals surface area contributed by atoms with Crippen LogP contribution in [0.2, 0.25) is 0 Å². The quantitative estimate of drug-likeness (QED) is 0.800. The van der Waals surface area contributed by atoms with E-state index in [1.807, 2.05) is 0 Å². The van der Waals surface area contributed by atoms with Crippen molar-refractivity contribution in [1.29, 1.82) is 0 Å². The average Bonchev–Trinajstić information content (AvgIpc) is 2.51. The van der Waals surface area contributed by atoms with Crippen molar-refractivity contribution in [2.75, 3.05) is 12.3 Å². The first-order chi connectivity index (χ1) is 9.14. The van der Waals surface area contributed by atoms with Crippen molar-refractivity contribution in [3.63, 3.8) is 0 Å². The van der Waals surface area contributed by atoms with Crippen LogP contribution in [0.15, 0.2) is 0 Å². The Morgan fingerprint density at radius 3 is 2.21 bits per heavy atom. The molecule has 19 heavy (non-hydrogen) atoms. The minimum atomic E-state index is -0.608. The number of hydrogen-bond donors (Lipinski definition) is 1. The third-order valence-corrected chi connectivity index (χ3v) is 8.34. The van der Waals surface area contributed by atoms with Crippen LogP contribution in [0.4, 0.5) is 0 Å². The number of nitrogens with one attached hydrogen (secondary N) is 1. The first kappa shape index (κ1) is 12.8. The highest BCUT2D eigenvalue weighted by Gasteiger charge is 2.54. The Morgan fingerprint density at radius 1 is 1.05 bits per heavy atom. The molecule has 1 N–H and O–H groups in total. The van der Waals surface area contributed by atoms with Crippen LogP contribution in [0.1, 0.15) is 51.9 Å². The van der Waals surface area contributed by atoms with E-state index in [1.54, 1.807) is 0 Å². The smallest absolute Gasteiger partial charge is 0.0396 e. The van der Waals surface area contributed by atoms with Crippen LogP contribution in [0.25, 0.3) is 0 Å². The maximum absolute atomic E-state index is 12.4. The van der Waals surface area contributed by atoms with E-state index in [1.165, 1.54) is 38.5 Å². The van der Waals surface area contributed by atoms with Crippen LogP contribution < -0.4 is 5.32 Å². The third kappa shape index (κ3) is 2.12. The van der Waals surface area contributed by atoms with Crippen molar-refractivity contribution >= 4 is 10.8 Å². The molecule has 0 aromatic rings. The molecule has 1 aliphatic heterocycles. The fraction of sp³-hybridized carbons (Fsp3) is 1.00. The minimum absolute atomic E-state index is 0.395. The molecule has 5 aliphatic rings. The van der Waals surface area contributed by atoms with Gasteiger partial charge in [0.1, 0.15) is 0 Å². The molecule has 0 aromatic heterocycles. The molecule has 1 saturated heterocycles. The summed E-state index contributed by atoms with van der Waals surface area (Å²) in [6.07, 6.45) is 9.91. The molecule has 3 atom stereocenters. The summed E-state index contributed by atoms with van der Waals surface area (Å²) in [7, 11) is -0.608. The number of hydrogen-bond acceptors (Lipinski definition) is 2. The zero-order valence-electron chi connectivity index (χ0n) is 12.1. The van der Waals surface area contributed by atoms with Crippen LogP contribution in [0.3, 0.4) is 0 Å². The van der Waals surface area contributed by atoms with Crippen molar-refractivity contribution in [3.8, 4) is 0 Å². The third-order valence-electron chi connectivity index (χ3n) is 6.55. The molecule has 0 radical (unpaired) electrons. The van der Waals surface area contributed by atoms with E-state index in [4.69, 9.17) is 0 Å². The van der Waals surface area contributed by atoms with E-state index in [0.717, 1.165) is 36.5 Å². The fourth-order valence-corrected chi connectivity index (χ4v) is 7.49. The Balaban J connectivity index is 1.59. The Hall–Kier alpha value is 0.110. The molecule has 2 nitrogen and oxygen atoms in total. The van der Waals surface area contributed by atoms with Gasteiger partial charge >= 0.3 is 0 Å².